The molecule has 2 aliphatic rings. The molecule has 1 aromatic carbocycles. The predicted molar refractivity (Wildman–Crippen MR) is 123 cm³/mol. The molecule has 0 radical (unpaired) electrons. The van der Waals surface area contributed by atoms with Gasteiger partial charge in [-0.1, -0.05) is 41.9 Å². The second-order valence-electron chi connectivity index (χ2n) is 7.37. The molecule has 0 spiro atoms. The number of benzene rings is 1. The van der Waals surface area contributed by atoms with E-state index in [1.165, 1.54) is 5.56 Å². The van der Waals surface area contributed by atoms with Crippen LogP contribution in [0.15, 0.2) is 54.9 Å². The van der Waals surface area contributed by atoms with Gasteiger partial charge in [-0.15, -0.1) is 12.4 Å². The highest BCUT2D eigenvalue weighted by molar-refractivity contribution is 6.30. The summed E-state index contributed by atoms with van der Waals surface area (Å²) in [6.45, 7) is 3.68. The van der Waals surface area contributed by atoms with Crippen LogP contribution in [0.5, 0.6) is 5.88 Å². The van der Waals surface area contributed by atoms with Crippen LogP contribution in [-0.2, 0) is 4.74 Å². The molecular formula is C23H27Cl2N3O2. The lowest BCUT2D eigenvalue weighted by atomic mass is 9.92. The molecule has 2 aliphatic heterocycles. The minimum Gasteiger partial charge on any atom is -0.473 e. The van der Waals surface area contributed by atoms with Crippen molar-refractivity contribution < 1.29 is 9.47 Å². The molecule has 5 rings (SSSR count). The summed E-state index contributed by atoms with van der Waals surface area (Å²) < 4.78 is 11.5. The molecule has 160 valence electrons. The highest BCUT2D eigenvalue weighted by atomic mass is 35.5. The third kappa shape index (κ3) is 6.05. The number of pyridine rings is 2. The summed E-state index contributed by atoms with van der Waals surface area (Å²) in [5.41, 5.74) is 1.26. The number of hydrogen-bond acceptors (Lipinski definition) is 5. The van der Waals surface area contributed by atoms with E-state index in [1.807, 2.05) is 42.6 Å². The predicted octanol–water partition coefficient (Wildman–Crippen LogP) is 5.03. The van der Waals surface area contributed by atoms with Crippen molar-refractivity contribution in [2.75, 3.05) is 26.3 Å². The quantitative estimate of drug-likeness (QED) is 0.570. The van der Waals surface area contributed by atoms with E-state index in [0.29, 0.717) is 11.1 Å². The van der Waals surface area contributed by atoms with Crippen molar-refractivity contribution in [3.05, 3.63) is 65.6 Å². The zero-order valence-electron chi connectivity index (χ0n) is 16.8. The van der Waals surface area contributed by atoms with Gasteiger partial charge in [-0.25, -0.2) is 9.97 Å². The summed E-state index contributed by atoms with van der Waals surface area (Å²) in [6, 6.07) is 14.0. The molecule has 1 atom stereocenters. The Morgan fingerprint density at radius 1 is 1.00 bits per heavy atom. The molecule has 0 unspecified atom stereocenters. The number of aromatic nitrogens is 2. The Bertz CT molecular complexity index is 929. The minimum absolute atomic E-state index is 0. The van der Waals surface area contributed by atoms with E-state index in [9.17, 15) is 0 Å². The molecule has 2 saturated heterocycles. The Hall–Kier alpha value is -1.92. The van der Waals surface area contributed by atoms with Gasteiger partial charge >= 0.3 is 0 Å². The van der Waals surface area contributed by atoms with Crippen LogP contribution in [0.1, 0.15) is 30.7 Å². The van der Waals surface area contributed by atoms with Gasteiger partial charge in [-0.3, -0.25) is 0 Å². The van der Waals surface area contributed by atoms with Gasteiger partial charge in [0.25, 0.3) is 0 Å². The van der Waals surface area contributed by atoms with Crippen molar-refractivity contribution in [1.29, 1.82) is 0 Å². The Labute approximate surface area is 188 Å². The lowest BCUT2D eigenvalue weighted by Gasteiger charge is -2.24. The Balaban J connectivity index is 0.000000184. The third-order valence-electron chi connectivity index (χ3n) is 5.35. The average molecular weight is 448 g/mol. The van der Waals surface area contributed by atoms with Crippen LogP contribution in [0.2, 0.25) is 5.15 Å². The van der Waals surface area contributed by atoms with E-state index in [4.69, 9.17) is 21.1 Å². The summed E-state index contributed by atoms with van der Waals surface area (Å²) in [7, 11) is 0. The van der Waals surface area contributed by atoms with Crippen LogP contribution in [0, 0.1) is 0 Å². The summed E-state index contributed by atoms with van der Waals surface area (Å²) in [6.07, 6.45) is 7.09. The van der Waals surface area contributed by atoms with E-state index < -0.39 is 0 Å². The van der Waals surface area contributed by atoms with Gasteiger partial charge in [0.1, 0.15) is 11.3 Å². The SMILES string of the molecule is Cl.Clc1cc2ccccc2cn1.c1cnc(O[C@@H]2CCNC2)c(C2CCOCC2)c1. The number of hydrogen-bond donors (Lipinski definition) is 1. The molecular weight excluding hydrogens is 421 g/mol. The first-order valence-electron chi connectivity index (χ1n) is 10.2. The number of halogens is 2. The molecule has 0 amide bonds. The van der Waals surface area contributed by atoms with Gasteiger partial charge in [0, 0.05) is 43.1 Å². The summed E-state index contributed by atoms with van der Waals surface area (Å²) in [4.78, 5) is 8.40. The van der Waals surface area contributed by atoms with E-state index >= 15 is 0 Å². The van der Waals surface area contributed by atoms with E-state index in [-0.39, 0.29) is 18.5 Å². The minimum atomic E-state index is 0. The molecule has 30 heavy (non-hydrogen) atoms. The van der Waals surface area contributed by atoms with Crippen molar-refractivity contribution in [3.8, 4) is 5.88 Å². The molecule has 2 aromatic heterocycles. The molecule has 0 bridgehead atoms. The highest BCUT2D eigenvalue weighted by Crippen LogP contribution is 2.32. The van der Waals surface area contributed by atoms with E-state index in [1.54, 1.807) is 6.20 Å². The molecule has 3 aromatic rings. The second kappa shape index (κ2) is 11.5. The van der Waals surface area contributed by atoms with Crippen molar-refractivity contribution in [2.45, 2.75) is 31.3 Å². The molecule has 1 N–H and O–H groups in total. The Morgan fingerprint density at radius 2 is 1.80 bits per heavy atom. The topological polar surface area (TPSA) is 56.3 Å². The van der Waals surface area contributed by atoms with Gasteiger partial charge < -0.3 is 14.8 Å². The average Bonchev–Trinajstić information content (AvgIpc) is 3.28. The van der Waals surface area contributed by atoms with Crippen LogP contribution in [0.4, 0.5) is 0 Å². The van der Waals surface area contributed by atoms with Crippen molar-refractivity contribution >= 4 is 34.8 Å². The molecule has 7 heteroatoms. The second-order valence-corrected chi connectivity index (χ2v) is 7.76. The lowest BCUT2D eigenvalue weighted by molar-refractivity contribution is 0.0839. The number of fused-ring (bicyclic) bond motifs is 1. The molecule has 0 aliphatic carbocycles. The van der Waals surface area contributed by atoms with Crippen molar-refractivity contribution in [1.82, 2.24) is 15.3 Å². The van der Waals surface area contributed by atoms with Gasteiger partial charge in [0.15, 0.2) is 0 Å². The first-order chi connectivity index (χ1) is 14.3. The largest absolute Gasteiger partial charge is 0.473 e. The van der Waals surface area contributed by atoms with Gasteiger partial charge in [0.05, 0.1) is 0 Å². The van der Waals surface area contributed by atoms with Crippen LogP contribution in [-0.4, -0.2) is 42.4 Å². The number of nitrogens with zero attached hydrogens (tertiary/aromatic N) is 2. The van der Waals surface area contributed by atoms with Gasteiger partial charge in [-0.05, 0) is 49.2 Å². The molecule has 4 heterocycles. The smallest absolute Gasteiger partial charge is 0.217 e. The molecule has 0 saturated carbocycles. The lowest BCUT2D eigenvalue weighted by Crippen LogP contribution is -2.22. The molecule has 5 nitrogen and oxygen atoms in total. The maximum absolute atomic E-state index is 6.05. The van der Waals surface area contributed by atoms with Gasteiger partial charge in [-0.2, -0.15) is 0 Å². The fourth-order valence-corrected chi connectivity index (χ4v) is 3.93. The Morgan fingerprint density at radius 3 is 2.57 bits per heavy atom. The van der Waals surface area contributed by atoms with Crippen LogP contribution >= 0.6 is 24.0 Å². The summed E-state index contributed by atoms with van der Waals surface area (Å²) in [5, 5.41) is 6.12. The number of nitrogens with one attached hydrogen (secondary N) is 1. The zero-order chi connectivity index (χ0) is 19.9. The van der Waals surface area contributed by atoms with Crippen LogP contribution < -0.4 is 10.1 Å². The van der Waals surface area contributed by atoms with E-state index in [0.717, 1.165) is 62.2 Å². The standard InChI is InChI=1S/C14H20N2O2.C9H6ClN.ClH/c1-2-13(11-4-8-17-9-5-11)14(16-6-1)18-12-3-7-15-10-12;10-9-5-7-3-1-2-4-8(7)6-11-9;/h1-2,6,11-12,15H,3-5,7-10H2;1-6H;1H/t12-;;/m1../s1. The Kier molecular flexibility index (Phi) is 8.70. The first-order valence-corrected chi connectivity index (χ1v) is 10.6. The summed E-state index contributed by atoms with van der Waals surface area (Å²) >= 11 is 5.71. The number of rotatable bonds is 3. The van der Waals surface area contributed by atoms with E-state index in [2.05, 4.69) is 21.4 Å². The van der Waals surface area contributed by atoms with Crippen LogP contribution in [0.3, 0.4) is 0 Å². The third-order valence-corrected chi connectivity index (χ3v) is 5.56. The molecule has 2 fully saturated rings. The monoisotopic (exact) mass is 447 g/mol. The van der Waals surface area contributed by atoms with Gasteiger partial charge in [0.2, 0.25) is 5.88 Å². The van der Waals surface area contributed by atoms with Crippen molar-refractivity contribution in [3.63, 3.8) is 0 Å². The first kappa shape index (κ1) is 22.8. The number of ether oxygens (including phenoxy) is 2. The zero-order valence-corrected chi connectivity index (χ0v) is 18.4. The maximum atomic E-state index is 6.05. The normalized spacial score (nSPS) is 18.9. The summed E-state index contributed by atoms with van der Waals surface area (Å²) in [5.74, 6) is 1.37. The van der Waals surface area contributed by atoms with Crippen molar-refractivity contribution in [2.24, 2.45) is 0 Å². The maximum Gasteiger partial charge on any atom is 0.217 e. The highest BCUT2D eigenvalue weighted by Gasteiger charge is 2.23. The van der Waals surface area contributed by atoms with Crippen LogP contribution in [0.25, 0.3) is 10.8 Å². The fraction of sp³-hybridized carbons (Fsp3) is 0.391. The fourth-order valence-electron chi connectivity index (χ4n) is 3.76.